The van der Waals surface area contributed by atoms with Crippen LogP contribution in [-0.2, 0) is 0 Å². The van der Waals surface area contributed by atoms with Gasteiger partial charge in [0.2, 0.25) is 0 Å². The van der Waals surface area contributed by atoms with Crippen molar-refractivity contribution in [3.63, 3.8) is 0 Å². The first-order chi connectivity index (χ1) is 9.52. The molecule has 0 aliphatic rings. The summed E-state index contributed by atoms with van der Waals surface area (Å²) in [6.45, 7) is 2.35. The maximum atomic E-state index is 12.3. The molecular weight excluding hydrogens is 356 g/mol. The van der Waals surface area contributed by atoms with Crippen molar-refractivity contribution < 1.29 is 4.79 Å². The van der Waals surface area contributed by atoms with Gasteiger partial charge in [0.1, 0.15) is 0 Å². The summed E-state index contributed by atoms with van der Waals surface area (Å²) in [5.74, 6) is -0.0794. The fourth-order valence-corrected chi connectivity index (χ4v) is 2.14. The molecule has 1 aromatic heterocycles. The van der Waals surface area contributed by atoms with Crippen molar-refractivity contribution in [3.05, 3.63) is 46.7 Å². The second kappa shape index (κ2) is 7.59. The second-order valence-corrected chi connectivity index (χ2v) is 5.57. The summed E-state index contributed by atoms with van der Waals surface area (Å²) in [7, 11) is 1.75. The first-order valence-electron chi connectivity index (χ1n) is 6.30. The van der Waals surface area contributed by atoms with Gasteiger partial charge in [0, 0.05) is 30.3 Å². The molecule has 1 unspecified atom stereocenters. The van der Waals surface area contributed by atoms with E-state index in [1.54, 1.807) is 29.0 Å². The number of aromatic nitrogens is 2. The molecule has 1 heterocycles. The molecule has 5 nitrogen and oxygen atoms in total. The van der Waals surface area contributed by atoms with Crippen molar-refractivity contribution in [2.24, 2.45) is 5.73 Å². The maximum absolute atomic E-state index is 12.3. The van der Waals surface area contributed by atoms with E-state index in [1.165, 1.54) is 0 Å². The monoisotopic (exact) mass is 372 g/mol. The minimum Gasteiger partial charge on any atom is -0.338 e. The molecule has 0 radical (unpaired) electrons. The van der Waals surface area contributed by atoms with Gasteiger partial charge >= 0.3 is 0 Å². The summed E-state index contributed by atoms with van der Waals surface area (Å²) in [6, 6.07) is 7.73. The highest BCUT2D eigenvalue weighted by atomic mass is 79.9. The van der Waals surface area contributed by atoms with Crippen molar-refractivity contribution in [1.29, 1.82) is 0 Å². The molecule has 1 amide bonds. The molecule has 7 heteroatoms. The van der Waals surface area contributed by atoms with Crippen molar-refractivity contribution in [2.45, 2.75) is 13.0 Å². The van der Waals surface area contributed by atoms with Gasteiger partial charge in [-0.25, -0.2) is 4.68 Å². The Labute approximate surface area is 138 Å². The smallest absolute Gasteiger partial charge is 0.257 e. The zero-order valence-corrected chi connectivity index (χ0v) is 14.3. The topological polar surface area (TPSA) is 64.2 Å². The van der Waals surface area contributed by atoms with Crippen LogP contribution in [-0.4, -0.2) is 40.2 Å². The fraction of sp³-hybridized carbons (Fsp3) is 0.286. The molecule has 21 heavy (non-hydrogen) atoms. The molecule has 2 N–H and O–H groups in total. The van der Waals surface area contributed by atoms with E-state index < -0.39 is 0 Å². The Hall–Kier alpha value is -1.37. The highest BCUT2D eigenvalue weighted by Gasteiger charge is 2.18. The van der Waals surface area contributed by atoms with Crippen molar-refractivity contribution >= 4 is 34.2 Å². The number of hydrogen-bond acceptors (Lipinski definition) is 3. The summed E-state index contributed by atoms with van der Waals surface area (Å²) in [5, 5.41) is 4.23. The van der Waals surface area contributed by atoms with E-state index in [-0.39, 0.29) is 24.4 Å². The Morgan fingerprint density at radius 3 is 2.86 bits per heavy atom. The van der Waals surface area contributed by atoms with Crippen LogP contribution in [0.1, 0.15) is 17.3 Å². The lowest BCUT2D eigenvalue weighted by molar-refractivity contribution is 0.0748. The first-order valence-corrected chi connectivity index (χ1v) is 7.10. The molecule has 0 bridgehead atoms. The first kappa shape index (κ1) is 17.7. The predicted octanol–water partition coefficient (Wildman–Crippen LogP) is 2.48. The minimum atomic E-state index is -0.0794. The Bertz CT molecular complexity index is 617. The summed E-state index contributed by atoms with van der Waals surface area (Å²) in [4.78, 5) is 13.9. The van der Waals surface area contributed by atoms with Crippen LogP contribution < -0.4 is 5.73 Å². The maximum Gasteiger partial charge on any atom is 0.257 e. The van der Waals surface area contributed by atoms with Gasteiger partial charge in [-0.15, -0.1) is 12.4 Å². The standard InChI is InChI=1S/C14H17BrN4O.ClH/c1-10(7-16)18(2)14(20)11-8-17-19(9-11)13-5-3-4-12(15)6-13;/h3-6,8-10H,7,16H2,1-2H3;1H. The number of likely N-dealkylation sites (N-methyl/N-ethyl adjacent to an activating group) is 1. The zero-order valence-electron chi connectivity index (χ0n) is 11.9. The lowest BCUT2D eigenvalue weighted by Crippen LogP contribution is -2.39. The lowest BCUT2D eigenvalue weighted by atomic mass is 10.2. The van der Waals surface area contributed by atoms with Crippen LogP contribution in [0.3, 0.4) is 0 Å². The molecule has 1 aromatic carbocycles. The van der Waals surface area contributed by atoms with Gasteiger partial charge in [-0.2, -0.15) is 5.10 Å². The Kier molecular flexibility index (Phi) is 6.39. The molecule has 0 spiro atoms. The number of amides is 1. The van der Waals surface area contributed by atoms with Gasteiger partial charge in [-0.3, -0.25) is 4.79 Å². The van der Waals surface area contributed by atoms with Gasteiger partial charge in [-0.05, 0) is 25.1 Å². The third kappa shape index (κ3) is 4.06. The average Bonchev–Trinajstić information content (AvgIpc) is 2.94. The van der Waals surface area contributed by atoms with E-state index in [9.17, 15) is 4.79 Å². The largest absolute Gasteiger partial charge is 0.338 e. The number of carbonyl (C=O) groups excluding carboxylic acids is 1. The van der Waals surface area contributed by atoms with E-state index in [0.29, 0.717) is 12.1 Å². The molecular formula is C14H18BrClN4O. The SMILES string of the molecule is CC(CN)N(C)C(=O)c1cnn(-c2cccc(Br)c2)c1.Cl. The summed E-state index contributed by atoms with van der Waals surface area (Å²) < 4.78 is 2.64. The molecule has 2 rings (SSSR count). The Morgan fingerprint density at radius 1 is 1.52 bits per heavy atom. The molecule has 0 saturated carbocycles. The van der Waals surface area contributed by atoms with Crippen molar-refractivity contribution in [2.75, 3.05) is 13.6 Å². The normalized spacial score (nSPS) is 11.6. The Morgan fingerprint density at radius 2 is 2.24 bits per heavy atom. The highest BCUT2D eigenvalue weighted by molar-refractivity contribution is 9.10. The number of nitrogens with two attached hydrogens (primary N) is 1. The van der Waals surface area contributed by atoms with Gasteiger partial charge in [0.05, 0.1) is 17.4 Å². The minimum absolute atomic E-state index is 0. The number of halogens is 2. The molecule has 114 valence electrons. The number of carbonyl (C=O) groups is 1. The Balaban J connectivity index is 0.00000220. The van der Waals surface area contributed by atoms with E-state index in [0.717, 1.165) is 10.2 Å². The molecule has 1 atom stereocenters. The number of nitrogens with zero attached hydrogens (tertiary/aromatic N) is 3. The van der Waals surface area contributed by atoms with Gasteiger partial charge in [0.25, 0.3) is 5.91 Å². The number of benzene rings is 1. The van der Waals surface area contributed by atoms with E-state index >= 15 is 0 Å². The van der Waals surface area contributed by atoms with E-state index in [4.69, 9.17) is 5.73 Å². The van der Waals surface area contributed by atoms with Crippen LogP contribution in [0.4, 0.5) is 0 Å². The number of hydrogen-bond donors (Lipinski definition) is 1. The fourth-order valence-electron chi connectivity index (χ4n) is 1.75. The quantitative estimate of drug-likeness (QED) is 0.895. The van der Waals surface area contributed by atoms with Crippen LogP contribution in [0.5, 0.6) is 0 Å². The van der Waals surface area contributed by atoms with Crippen LogP contribution >= 0.6 is 28.3 Å². The van der Waals surface area contributed by atoms with Crippen molar-refractivity contribution in [1.82, 2.24) is 14.7 Å². The van der Waals surface area contributed by atoms with Crippen LogP contribution in [0.25, 0.3) is 5.69 Å². The van der Waals surface area contributed by atoms with Crippen molar-refractivity contribution in [3.8, 4) is 5.69 Å². The van der Waals surface area contributed by atoms with Gasteiger partial charge in [0.15, 0.2) is 0 Å². The lowest BCUT2D eigenvalue weighted by Gasteiger charge is -2.22. The molecule has 0 aliphatic heterocycles. The zero-order chi connectivity index (χ0) is 14.7. The predicted molar refractivity (Wildman–Crippen MR) is 89.1 cm³/mol. The second-order valence-electron chi connectivity index (χ2n) is 4.65. The highest BCUT2D eigenvalue weighted by Crippen LogP contribution is 2.16. The van der Waals surface area contributed by atoms with Crippen LogP contribution in [0, 0.1) is 0 Å². The van der Waals surface area contributed by atoms with Gasteiger partial charge in [-0.1, -0.05) is 22.0 Å². The van der Waals surface area contributed by atoms with E-state index in [2.05, 4.69) is 21.0 Å². The van der Waals surface area contributed by atoms with Gasteiger partial charge < -0.3 is 10.6 Å². The molecule has 0 saturated heterocycles. The third-order valence-electron chi connectivity index (χ3n) is 3.22. The third-order valence-corrected chi connectivity index (χ3v) is 3.72. The summed E-state index contributed by atoms with van der Waals surface area (Å²) in [6.07, 6.45) is 3.30. The van der Waals surface area contributed by atoms with E-state index in [1.807, 2.05) is 31.2 Å². The molecule has 0 aliphatic carbocycles. The van der Waals surface area contributed by atoms with Crippen LogP contribution in [0.15, 0.2) is 41.1 Å². The average molecular weight is 374 g/mol. The summed E-state index contributed by atoms with van der Waals surface area (Å²) >= 11 is 3.42. The van der Waals surface area contributed by atoms with Crippen LogP contribution in [0.2, 0.25) is 0 Å². The number of rotatable bonds is 4. The summed E-state index contributed by atoms with van der Waals surface area (Å²) in [5.41, 5.74) is 7.03. The molecule has 0 fully saturated rings. The molecule has 2 aromatic rings.